The van der Waals surface area contributed by atoms with Crippen LogP contribution in [0.2, 0.25) is 5.02 Å². The molecule has 0 aliphatic carbocycles. The van der Waals surface area contributed by atoms with Crippen molar-refractivity contribution in [1.82, 2.24) is 4.90 Å². The molecule has 5 nitrogen and oxygen atoms in total. The Balaban J connectivity index is 2.57. The van der Waals surface area contributed by atoms with Gasteiger partial charge in [-0.2, -0.15) is 0 Å². The van der Waals surface area contributed by atoms with Gasteiger partial charge in [0.15, 0.2) is 0 Å². The molecule has 17 heavy (non-hydrogen) atoms. The number of ether oxygens (including phenoxy) is 1. The monoisotopic (exact) mass is 256 g/mol. The number of hydrogen-bond acceptors (Lipinski definition) is 3. The van der Waals surface area contributed by atoms with Crippen molar-refractivity contribution in [3.05, 3.63) is 29.3 Å². The van der Waals surface area contributed by atoms with Gasteiger partial charge in [-0.15, -0.1) is 0 Å². The predicted octanol–water partition coefficient (Wildman–Crippen LogP) is 1.98. The van der Waals surface area contributed by atoms with Gasteiger partial charge in [-0.1, -0.05) is 17.7 Å². The number of nitrogens with zero attached hydrogens (tertiary/aromatic N) is 1. The summed E-state index contributed by atoms with van der Waals surface area (Å²) in [6.45, 7) is -0.108. The molecule has 0 fully saturated rings. The largest absolute Gasteiger partial charge is 0.468 e. The highest BCUT2D eigenvalue weighted by Crippen LogP contribution is 2.15. The van der Waals surface area contributed by atoms with Crippen LogP contribution in [-0.2, 0) is 9.53 Å². The topological polar surface area (TPSA) is 58.6 Å². The second kappa shape index (κ2) is 6.10. The van der Waals surface area contributed by atoms with Gasteiger partial charge in [0.25, 0.3) is 0 Å². The van der Waals surface area contributed by atoms with Gasteiger partial charge in [0.1, 0.15) is 6.54 Å². The lowest BCUT2D eigenvalue weighted by molar-refractivity contribution is -0.140. The zero-order valence-electron chi connectivity index (χ0n) is 9.57. The highest BCUT2D eigenvalue weighted by Gasteiger charge is 2.12. The van der Waals surface area contributed by atoms with Gasteiger partial charge in [-0.05, 0) is 18.2 Å². The highest BCUT2D eigenvalue weighted by atomic mass is 35.5. The van der Waals surface area contributed by atoms with Gasteiger partial charge < -0.3 is 15.0 Å². The molecule has 0 aliphatic rings. The van der Waals surface area contributed by atoms with E-state index < -0.39 is 12.0 Å². The first kappa shape index (κ1) is 13.3. The van der Waals surface area contributed by atoms with Crippen LogP contribution in [0, 0.1) is 0 Å². The van der Waals surface area contributed by atoms with E-state index in [0.29, 0.717) is 10.7 Å². The van der Waals surface area contributed by atoms with Crippen LogP contribution in [-0.4, -0.2) is 37.6 Å². The lowest BCUT2D eigenvalue weighted by Gasteiger charge is -2.16. The first-order valence-electron chi connectivity index (χ1n) is 4.87. The third-order valence-electron chi connectivity index (χ3n) is 2.02. The van der Waals surface area contributed by atoms with Crippen molar-refractivity contribution < 1.29 is 14.3 Å². The minimum absolute atomic E-state index is 0.108. The van der Waals surface area contributed by atoms with Crippen LogP contribution in [0.15, 0.2) is 24.3 Å². The number of nitrogens with one attached hydrogen (secondary N) is 1. The molecule has 0 atom stereocenters. The van der Waals surface area contributed by atoms with Gasteiger partial charge in [0, 0.05) is 17.8 Å². The minimum atomic E-state index is -0.478. The molecule has 0 saturated heterocycles. The molecule has 0 heterocycles. The molecule has 1 aromatic rings. The third kappa shape index (κ3) is 4.32. The van der Waals surface area contributed by atoms with Crippen molar-refractivity contribution >= 4 is 29.3 Å². The predicted molar refractivity (Wildman–Crippen MR) is 65.1 cm³/mol. The Labute approximate surface area is 104 Å². The van der Waals surface area contributed by atoms with Crippen molar-refractivity contribution in [2.75, 3.05) is 26.0 Å². The second-order valence-corrected chi connectivity index (χ2v) is 3.81. The van der Waals surface area contributed by atoms with E-state index in [4.69, 9.17) is 11.6 Å². The Morgan fingerprint density at radius 2 is 2.18 bits per heavy atom. The second-order valence-electron chi connectivity index (χ2n) is 3.37. The summed E-state index contributed by atoms with van der Waals surface area (Å²) in [4.78, 5) is 23.8. The van der Waals surface area contributed by atoms with E-state index in [2.05, 4.69) is 10.1 Å². The summed E-state index contributed by atoms with van der Waals surface area (Å²) in [5.41, 5.74) is 0.569. The van der Waals surface area contributed by atoms with E-state index in [-0.39, 0.29) is 6.54 Å². The van der Waals surface area contributed by atoms with Gasteiger partial charge in [0.2, 0.25) is 0 Å². The fraction of sp³-hybridized carbons (Fsp3) is 0.273. The zero-order chi connectivity index (χ0) is 12.8. The molecule has 0 aromatic heterocycles. The number of rotatable bonds is 3. The van der Waals surface area contributed by atoms with Gasteiger partial charge >= 0.3 is 12.0 Å². The summed E-state index contributed by atoms with van der Waals surface area (Å²) in [5, 5.41) is 3.13. The van der Waals surface area contributed by atoms with Crippen molar-refractivity contribution in [3.63, 3.8) is 0 Å². The molecule has 0 saturated carbocycles. The van der Waals surface area contributed by atoms with Crippen molar-refractivity contribution in [1.29, 1.82) is 0 Å². The van der Waals surface area contributed by atoms with Gasteiger partial charge in [-0.25, -0.2) is 4.79 Å². The van der Waals surface area contributed by atoms with Crippen molar-refractivity contribution in [2.24, 2.45) is 0 Å². The van der Waals surface area contributed by atoms with Gasteiger partial charge in [0.05, 0.1) is 7.11 Å². The number of methoxy groups -OCH3 is 1. The SMILES string of the molecule is COC(=O)CN(C)C(=O)Nc1cccc(Cl)c1. The molecule has 1 aromatic carbocycles. The van der Waals surface area contributed by atoms with E-state index in [1.54, 1.807) is 24.3 Å². The molecule has 1 rings (SSSR count). The standard InChI is InChI=1S/C11H13ClN2O3/c1-14(7-10(15)17-2)11(16)13-9-5-3-4-8(12)6-9/h3-6H,7H2,1-2H3,(H,13,16). The fourth-order valence-corrected chi connectivity index (χ4v) is 1.31. The maximum absolute atomic E-state index is 11.6. The number of carbonyl (C=O) groups is 2. The molecule has 2 amide bonds. The molecule has 0 unspecified atom stereocenters. The summed E-state index contributed by atoms with van der Waals surface area (Å²) in [7, 11) is 2.77. The quantitative estimate of drug-likeness (QED) is 0.842. The molecule has 1 N–H and O–H groups in total. The number of urea groups is 1. The van der Waals surface area contributed by atoms with Crippen LogP contribution < -0.4 is 5.32 Å². The number of carbonyl (C=O) groups excluding carboxylic acids is 2. The molecule has 0 spiro atoms. The minimum Gasteiger partial charge on any atom is -0.468 e. The summed E-state index contributed by atoms with van der Waals surface area (Å²) in [6.07, 6.45) is 0. The van der Waals surface area contributed by atoms with E-state index in [0.717, 1.165) is 0 Å². The lowest BCUT2D eigenvalue weighted by Crippen LogP contribution is -2.35. The average Bonchev–Trinajstić information content (AvgIpc) is 2.28. The maximum Gasteiger partial charge on any atom is 0.325 e. The Kier molecular flexibility index (Phi) is 4.78. The van der Waals surface area contributed by atoms with E-state index >= 15 is 0 Å². The molecular weight excluding hydrogens is 244 g/mol. The Morgan fingerprint density at radius 3 is 2.76 bits per heavy atom. The number of anilines is 1. The number of hydrogen-bond donors (Lipinski definition) is 1. The van der Waals surface area contributed by atoms with Gasteiger partial charge in [-0.3, -0.25) is 4.79 Å². The number of esters is 1. The van der Waals surface area contributed by atoms with Crippen molar-refractivity contribution in [3.8, 4) is 0 Å². The molecule has 6 heteroatoms. The summed E-state index contributed by atoms with van der Waals surface area (Å²) >= 11 is 5.78. The Morgan fingerprint density at radius 1 is 1.47 bits per heavy atom. The normalized spacial score (nSPS) is 9.59. The maximum atomic E-state index is 11.6. The third-order valence-corrected chi connectivity index (χ3v) is 2.25. The van der Waals surface area contributed by atoms with E-state index in [1.165, 1.54) is 19.1 Å². The smallest absolute Gasteiger partial charge is 0.325 e. The first-order chi connectivity index (χ1) is 8.02. The molecular formula is C11H13ClN2O3. The van der Waals surface area contributed by atoms with Crippen LogP contribution in [0.5, 0.6) is 0 Å². The first-order valence-corrected chi connectivity index (χ1v) is 5.25. The van der Waals surface area contributed by atoms with Crippen LogP contribution in [0.3, 0.4) is 0 Å². The Bertz CT molecular complexity index is 423. The lowest BCUT2D eigenvalue weighted by atomic mass is 10.3. The summed E-state index contributed by atoms with van der Waals surface area (Å²) in [6, 6.07) is 6.34. The zero-order valence-corrected chi connectivity index (χ0v) is 10.3. The van der Waals surface area contributed by atoms with Crippen molar-refractivity contribution in [2.45, 2.75) is 0 Å². The number of benzene rings is 1. The number of likely N-dealkylation sites (N-methyl/N-ethyl adjacent to an activating group) is 1. The van der Waals surface area contributed by atoms with E-state index in [9.17, 15) is 9.59 Å². The highest BCUT2D eigenvalue weighted by molar-refractivity contribution is 6.30. The Hall–Kier alpha value is -1.75. The molecule has 0 aliphatic heterocycles. The fourth-order valence-electron chi connectivity index (χ4n) is 1.12. The summed E-state index contributed by atoms with van der Waals surface area (Å²) in [5.74, 6) is -0.478. The number of halogens is 1. The average molecular weight is 257 g/mol. The molecule has 0 bridgehead atoms. The van der Waals surface area contributed by atoms with Crippen LogP contribution >= 0.6 is 11.6 Å². The summed E-state index contributed by atoms with van der Waals surface area (Å²) < 4.78 is 4.46. The number of amides is 2. The van der Waals surface area contributed by atoms with Crippen LogP contribution in [0.1, 0.15) is 0 Å². The molecule has 0 radical (unpaired) electrons. The van der Waals surface area contributed by atoms with Crippen LogP contribution in [0.4, 0.5) is 10.5 Å². The van der Waals surface area contributed by atoms with Crippen LogP contribution in [0.25, 0.3) is 0 Å². The van der Waals surface area contributed by atoms with E-state index in [1.807, 2.05) is 0 Å². The molecule has 92 valence electrons.